The van der Waals surface area contributed by atoms with Crippen LogP contribution in [0.2, 0.25) is 0 Å². The molecule has 0 aliphatic carbocycles. The van der Waals surface area contributed by atoms with Gasteiger partial charge in [0.05, 0.1) is 11.2 Å². The second-order valence-corrected chi connectivity index (χ2v) is 7.08. The summed E-state index contributed by atoms with van der Waals surface area (Å²) >= 11 is 7.07. The molecule has 0 fully saturated rings. The summed E-state index contributed by atoms with van der Waals surface area (Å²) in [6.45, 7) is 0. The highest BCUT2D eigenvalue weighted by Gasteiger charge is 2.05. The molecule has 0 unspecified atom stereocenters. The van der Waals surface area contributed by atoms with Crippen molar-refractivity contribution in [1.82, 2.24) is 4.98 Å². The van der Waals surface area contributed by atoms with Gasteiger partial charge in [-0.3, -0.25) is 0 Å². The van der Waals surface area contributed by atoms with Gasteiger partial charge in [0.25, 0.3) is 0 Å². The molecule has 0 amide bonds. The summed E-state index contributed by atoms with van der Waals surface area (Å²) in [6, 6.07) is 23.1. The molecule has 106 valence electrons. The van der Waals surface area contributed by atoms with Crippen LogP contribution in [0.25, 0.3) is 32.9 Å². The van der Waals surface area contributed by atoms with E-state index < -0.39 is 0 Å². The van der Waals surface area contributed by atoms with E-state index in [1.165, 1.54) is 10.8 Å². The van der Waals surface area contributed by atoms with Crippen molar-refractivity contribution < 1.29 is 0 Å². The molecule has 1 nitrogen and oxygen atoms in total. The molecule has 0 bridgehead atoms. The minimum absolute atomic E-state index is 0.977. The minimum atomic E-state index is 0.977. The highest BCUT2D eigenvalue weighted by atomic mass is 79.9. The van der Waals surface area contributed by atoms with Gasteiger partial charge >= 0.3 is 0 Å². The van der Waals surface area contributed by atoms with Crippen molar-refractivity contribution in [2.75, 3.05) is 0 Å². The van der Waals surface area contributed by atoms with E-state index in [2.05, 4.69) is 92.5 Å². The molecule has 1 heterocycles. The zero-order valence-corrected chi connectivity index (χ0v) is 14.7. The Labute approximate surface area is 145 Å². The predicted molar refractivity (Wildman–Crippen MR) is 100 cm³/mol. The molecule has 0 saturated carbocycles. The number of nitrogens with zero attached hydrogens (tertiary/aromatic N) is 1. The fourth-order valence-electron chi connectivity index (χ4n) is 2.67. The van der Waals surface area contributed by atoms with Crippen LogP contribution in [-0.4, -0.2) is 4.98 Å². The summed E-state index contributed by atoms with van der Waals surface area (Å²) < 4.78 is 2.08. The molecule has 4 rings (SSSR count). The largest absolute Gasteiger partial charge is 0.248 e. The number of aromatic nitrogens is 1. The van der Waals surface area contributed by atoms with Crippen molar-refractivity contribution in [1.29, 1.82) is 0 Å². The first-order chi connectivity index (χ1) is 10.7. The van der Waals surface area contributed by atoms with Crippen molar-refractivity contribution in [2.45, 2.75) is 0 Å². The van der Waals surface area contributed by atoms with Crippen LogP contribution in [0.15, 0.2) is 75.7 Å². The fraction of sp³-hybridized carbons (Fsp3) is 0. The maximum atomic E-state index is 4.84. The second-order valence-electron chi connectivity index (χ2n) is 5.25. The first-order valence-electron chi connectivity index (χ1n) is 6.95. The third-order valence-electron chi connectivity index (χ3n) is 3.71. The number of benzene rings is 3. The fourth-order valence-corrected chi connectivity index (χ4v) is 3.97. The van der Waals surface area contributed by atoms with Gasteiger partial charge in [-0.2, -0.15) is 0 Å². The van der Waals surface area contributed by atoms with Gasteiger partial charge in [-0.15, -0.1) is 0 Å². The quantitative estimate of drug-likeness (QED) is 0.322. The first-order valence-corrected chi connectivity index (χ1v) is 8.54. The van der Waals surface area contributed by atoms with Crippen molar-refractivity contribution in [3.05, 3.63) is 75.7 Å². The lowest BCUT2D eigenvalue weighted by molar-refractivity contribution is 1.40. The van der Waals surface area contributed by atoms with Gasteiger partial charge in [-0.1, -0.05) is 62.2 Å². The maximum absolute atomic E-state index is 4.84. The van der Waals surface area contributed by atoms with Crippen LogP contribution in [0.1, 0.15) is 0 Å². The summed E-state index contributed by atoms with van der Waals surface area (Å²) in [7, 11) is 0. The normalized spacial score (nSPS) is 11.2. The number of hydrogen-bond donors (Lipinski definition) is 0. The molecule has 0 N–H and O–H groups in total. The van der Waals surface area contributed by atoms with Crippen molar-refractivity contribution >= 4 is 53.5 Å². The van der Waals surface area contributed by atoms with Crippen LogP contribution in [0.5, 0.6) is 0 Å². The van der Waals surface area contributed by atoms with E-state index in [1.54, 1.807) is 0 Å². The highest BCUT2D eigenvalue weighted by Crippen LogP contribution is 2.29. The summed E-state index contributed by atoms with van der Waals surface area (Å²) in [5.74, 6) is 0. The molecule has 0 aliphatic rings. The minimum Gasteiger partial charge on any atom is -0.248 e. The van der Waals surface area contributed by atoms with E-state index in [9.17, 15) is 0 Å². The Balaban J connectivity index is 1.94. The topological polar surface area (TPSA) is 12.9 Å². The molecule has 0 radical (unpaired) electrons. The van der Waals surface area contributed by atoms with E-state index in [1.807, 2.05) is 6.07 Å². The van der Waals surface area contributed by atoms with Crippen LogP contribution in [0, 0.1) is 0 Å². The Kier molecular flexibility index (Phi) is 3.47. The van der Waals surface area contributed by atoms with E-state index in [0.29, 0.717) is 0 Å². The molecular formula is C19H11Br2N. The predicted octanol–water partition coefficient (Wildman–Crippen LogP) is 6.58. The van der Waals surface area contributed by atoms with Gasteiger partial charge in [-0.05, 0) is 47.2 Å². The second kappa shape index (κ2) is 5.49. The standard InChI is InChI=1S/C19H11Br2N/c20-16-8-15(9-17(21)11-16)18-6-5-14-7-12-3-1-2-4-13(12)10-19(14)22-18/h1-11H. The van der Waals surface area contributed by atoms with Crippen molar-refractivity contribution in [3.8, 4) is 11.3 Å². The molecule has 0 aliphatic heterocycles. The third kappa shape index (κ3) is 2.55. The Bertz CT molecular complexity index is 988. The van der Waals surface area contributed by atoms with Gasteiger partial charge < -0.3 is 0 Å². The maximum Gasteiger partial charge on any atom is 0.0715 e. The summed E-state index contributed by atoms with van der Waals surface area (Å²) in [6.07, 6.45) is 0. The lowest BCUT2D eigenvalue weighted by atomic mass is 10.1. The lowest BCUT2D eigenvalue weighted by Crippen LogP contribution is -1.86. The molecular weight excluding hydrogens is 402 g/mol. The molecule has 3 aromatic carbocycles. The van der Waals surface area contributed by atoms with Gasteiger partial charge in [0.15, 0.2) is 0 Å². The number of halogens is 2. The zero-order chi connectivity index (χ0) is 15.1. The molecule has 22 heavy (non-hydrogen) atoms. The van der Waals surface area contributed by atoms with Gasteiger partial charge in [0.1, 0.15) is 0 Å². The Morgan fingerprint density at radius 1 is 0.636 bits per heavy atom. The number of fused-ring (bicyclic) bond motifs is 2. The van der Waals surface area contributed by atoms with Crippen molar-refractivity contribution in [3.63, 3.8) is 0 Å². The van der Waals surface area contributed by atoms with Gasteiger partial charge in [0.2, 0.25) is 0 Å². The Morgan fingerprint density at radius 3 is 2.05 bits per heavy atom. The van der Waals surface area contributed by atoms with Crippen LogP contribution >= 0.6 is 31.9 Å². The highest BCUT2D eigenvalue weighted by molar-refractivity contribution is 9.11. The third-order valence-corrected chi connectivity index (χ3v) is 4.63. The lowest BCUT2D eigenvalue weighted by Gasteiger charge is -2.06. The summed E-state index contributed by atoms with van der Waals surface area (Å²) in [4.78, 5) is 4.84. The average Bonchev–Trinajstić information content (AvgIpc) is 2.51. The number of hydrogen-bond acceptors (Lipinski definition) is 1. The average molecular weight is 413 g/mol. The van der Waals surface area contributed by atoms with Gasteiger partial charge in [-0.25, -0.2) is 4.98 Å². The Hall–Kier alpha value is -1.71. The number of rotatable bonds is 1. The van der Waals surface area contributed by atoms with E-state index >= 15 is 0 Å². The first kappa shape index (κ1) is 13.9. The SMILES string of the molecule is Brc1cc(Br)cc(-c2ccc3cc4ccccc4cc3n2)c1. The molecule has 4 aromatic rings. The van der Waals surface area contributed by atoms with Crippen LogP contribution < -0.4 is 0 Å². The monoisotopic (exact) mass is 411 g/mol. The molecule has 1 aromatic heterocycles. The van der Waals surface area contributed by atoms with E-state index in [-0.39, 0.29) is 0 Å². The number of pyridine rings is 1. The molecule has 3 heteroatoms. The van der Waals surface area contributed by atoms with Crippen LogP contribution in [-0.2, 0) is 0 Å². The molecule has 0 spiro atoms. The van der Waals surface area contributed by atoms with Gasteiger partial charge in [0, 0.05) is 19.9 Å². The zero-order valence-electron chi connectivity index (χ0n) is 11.6. The molecule has 0 atom stereocenters. The molecule has 0 saturated heterocycles. The van der Waals surface area contributed by atoms with E-state index in [4.69, 9.17) is 4.98 Å². The summed E-state index contributed by atoms with van der Waals surface area (Å²) in [5, 5.41) is 3.63. The van der Waals surface area contributed by atoms with Crippen LogP contribution in [0.3, 0.4) is 0 Å². The Morgan fingerprint density at radius 2 is 1.32 bits per heavy atom. The van der Waals surface area contributed by atoms with E-state index in [0.717, 1.165) is 31.1 Å². The van der Waals surface area contributed by atoms with Crippen LogP contribution in [0.4, 0.5) is 0 Å². The summed E-state index contributed by atoms with van der Waals surface area (Å²) in [5.41, 5.74) is 3.09. The smallest absolute Gasteiger partial charge is 0.0715 e. The van der Waals surface area contributed by atoms with Crippen molar-refractivity contribution in [2.24, 2.45) is 0 Å².